The van der Waals surface area contributed by atoms with Crippen molar-refractivity contribution in [2.24, 2.45) is 0 Å². The van der Waals surface area contributed by atoms with Gasteiger partial charge < -0.3 is 5.32 Å². The Morgan fingerprint density at radius 3 is 2.00 bits per heavy atom. The molecule has 1 rings (SSSR count). The zero-order valence-corrected chi connectivity index (χ0v) is 14.5. The zero-order chi connectivity index (χ0) is 19.8. The van der Waals surface area contributed by atoms with Crippen LogP contribution in [0, 0.1) is 9.39 Å². The Morgan fingerprint density at radius 1 is 1.12 bits per heavy atom. The molecule has 1 amide bonds. The SMILES string of the molecule is O=C(NC(CS(=O)(=O)O)(C(F)(F)F)C(F)(F)F)c1cc(I)ccc1F. The van der Waals surface area contributed by atoms with Crippen molar-refractivity contribution in [2.45, 2.75) is 17.9 Å². The van der Waals surface area contributed by atoms with Crippen LogP contribution >= 0.6 is 22.6 Å². The molecule has 0 saturated carbocycles. The summed E-state index contributed by atoms with van der Waals surface area (Å²) < 4.78 is 122. The molecule has 2 N–H and O–H groups in total. The minimum atomic E-state index is -6.37. The van der Waals surface area contributed by atoms with Gasteiger partial charge in [-0.05, 0) is 40.8 Å². The maximum Gasteiger partial charge on any atom is 0.421 e. The summed E-state index contributed by atoms with van der Waals surface area (Å²) in [4.78, 5) is 11.8. The average Bonchev–Trinajstić information content (AvgIpc) is 2.36. The number of nitrogens with one attached hydrogen (secondary N) is 1. The van der Waals surface area contributed by atoms with Crippen molar-refractivity contribution in [3.63, 3.8) is 0 Å². The van der Waals surface area contributed by atoms with Gasteiger partial charge in [0.1, 0.15) is 11.6 Å². The van der Waals surface area contributed by atoms with E-state index >= 15 is 0 Å². The van der Waals surface area contributed by atoms with Crippen LogP contribution in [0.1, 0.15) is 10.4 Å². The second-order valence-corrected chi connectivity index (χ2v) is 7.40. The van der Waals surface area contributed by atoms with Crippen molar-refractivity contribution in [1.29, 1.82) is 0 Å². The molecule has 0 radical (unpaired) electrons. The van der Waals surface area contributed by atoms with E-state index in [-0.39, 0.29) is 3.57 Å². The summed E-state index contributed by atoms with van der Waals surface area (Å²) in [6, 6.07) is 2.38. The van der Waals surface area contributed by atoms with Crippen LogP contribution in [0.2, 0.25) is 0 Å². The highest BCUT2D eigenvalue weighted by Gasteiger charge is 2.73. The second-order valence-electron chi connectivity index (χ2n) is 4.71. The summed E-state index contributed by atoms with van der Waals surface area (Å²) in [5, 5.41) is 0.480. The van der Waals surface area contributed by atoms with Gasteiger partial charge in [0.25, 0.3) is 16.0 Å². The van der Waals surface area contributed by atoms with Gasteiger partial charge >= 0.3 is 12.4 Å². The molecule has 0 bridgehead atoms. The minimum absolute atomic E-state index is 0.114. The van der Waals surface area contributed by atoms with Crippen LogP contribution in [-0.4, -0.2) is 42.5 Å². The van der Waals surface area contributed by atoms with Gasteiger partial charge in [-0.3, -0.25) is 9.35 Å². The third kappa shape index (κ3) is 4.93. The summed E-state index contributed by atoms with van der Waals surface area (Å²) in [5.74, 6) is -6.51. The van der Waals surface area contributed by atoms with E-state index in [1.54, 1.807) is 0 Å². The smallest absolute Gasteiger partial charge is 0.329 e. The van der Waals surface area contributed by atoms with E-state index in [1.807, 2.05) is 0 Å². The van der Waals surface area contributed by atoms with Gasteiger partial charge in [0.15, 0.2) is 0 Å². The lowest BCUT2D eigenvalue weighted by atomic mass is 9.99. The van der Waals surface area contributed by atoms with Gasteiger partial charge in [0.2, 0.25) is 5.54 Å². The van der Waals surface area contributed by atoms with E-state index < -0.39 is 51.1 Å². The largest absolute Gasteiger partial charge is 0.421 e. The third-order valence-electron chi connectivity index (χ3n) is 2.87. The van der Waals surface area contributed by atoms with Gasteiger partial charge in [0, 0.05) is 3.57 Å². The monoisotopic (exact) mass is 509 g/mol. The number of hydrogen-bond acceptors (Lipinski definition) is 3. The van der Waals surface area contributed by atoms with Crippen molar-refractivity contribution in [3.8, 4) is 0 Å². The number of amides is 1. The second kappa shape index (κ2) is 6.86. The van der Waals surface area contributed by atoms with Crippen LogP contribution in [0.3, 0.4) is 0 Å². The highest BCUT2D eigenvalue weighted by Crippen LogP contribution is 2.44. The molecule has 0 aliphatic heterocycles. The van der Waals surface area contributed by atoms with Crippen molar-refractivity contribution in [3.05, 3.63) is 33.1 Å². The highest BCUT2D eigenvalue weighted by molar-refractivity contribution is 14.1. The number of benzene rings is 1. The maximum atomic E-state index is 13.5. The Bertz CT molecular complexity index is 762. The molecular formula is C11H7F7INO4S. The molecule has 25 heavy (non-hydrogen) atoms. The van der Waals surface area contributed by atoms with Gasteiger partial charge in [0.05, 0.1) is 5.56 Å². The first-order valence-electron chi connectivity index (χ1n) is 5.86. The topological polar surface area (TPSA) is 83.5 Å². The van der Waals surface area contributed by atoms with Crippen LogP contribution in [0.15, 0.2) is 18.2 Å². The molecule has 0 heterocycles. The quantitative estimate of drug-likeness (QED) is 0.372. The molecule has 5 nitrogen and oxygen atoms in total. The summed E-state index contributed by atoms with van der Waals surface area (Å²) in [6.45, 7) is 0. The predicted octanol–water partition coefficient (Wildman–Crippen LogP) is 2.91. The molecule has 142 valence electrons. The minimum Gasteiger partial charge on any atom is -0.329 e. The van der Waals surface area contributed by atoms with Crippen LogP contribution in [0.4, 0.5) is 30.7 Å². The molecule has 1 aromatic carbocycles. The molecule has 1 aromatic rings. The lowest BCUT2D eigenvalue weighted by Crippen LogP contribution is -2.70. The molecular weight excluding hydrogens is 502 g/mol. The van der Waals surface area contributed by atoms with E-state index in [9.17, 15) is 43.9 Å². The molecule has 0 aromatic heterocycles. The number of halogens is 8. The first-order chi connectivity index (χ1) is 11.0. The Morgan fingerprint density at radius 2 is 1.60 bits per heavy atom. The maximum absolute atomic E-state index is 13.5. The molecule has 0 aliphatic rings. The van der Waals surface area contributed by atoms with Crippen LogP contribution < -0.4 is 5.32 Å². The zero-order valence-electron chi connectivity index (χ0n) is 11.5. The van der Waals surface area contributed by atoms with Gasteiger partial charge in [-0.2, -0.15) is 34.8 Å². The normalized spacial score (nSPS) is 13.6. The first kappa shape index (κ1) is 21.9. The molecule has 0 aliphatic carbocycles. The fourth-order valence-corrected chi connectivity index (χ4v) is 3.15. The number of hydrogen-bond donors (Lipinski definition) is 2. The predicted molar refractivity (Wildman–Crippen MR) is 77.8 cm³/mol. The first-order valence-corrected chi connectivity index (χ1v) is 8.55. The Kier molecular flexibility index (Phi) is 6.01. The summed E-state index contributed by atoms with van der Waals surface area (Å²) in [5.41, 5.74) is -6.50. The lowest BCUT2D eigenvalue weighted by molar-refractivity contribution is -0.296. The number of carbonyl (C=O) groups excluding carboxylic acids is 1. The summed E-state index contributed by atoms with van der Waals surface area (Å²) in [6.07, 6.45) is -12.7. The van der Waals surface area contributed by atoms with Crippen LogP contribution in [-0.2, 0) is 10.1 Å². The van der Waals surface area contributed by atoms with Crippen molar-refractivity contribution in [2.75, 3.05) is 5.75 Å². The van der Waals surface area contributed by atoms with E-state index in [0.29, 0.717) is 17.4 Å². The van der Waals surface area contributed by atoms with Crippen LogP contribution in [0.5, 0.6) is 0 Å². The van der Waals surface area contributed by atoms with E-state index in [4.69, 9.17) is 4.55 Å². The fraction of sp³-hybridized carbons (Fsp3) is 0.364. The number of alkyl halides is 6. The molecule has 0 fully saturated rings. The summed E-state index contributed by atoms with van der Waals surface area (Å²) in [7, 11) is -5.84. The van der Waals surface area contributed by atoms with Gasteiger partial charge in [-0.1, -0.05) is 0 Å². The number of rotatable bonds is 4. The highest BCUT2D eigenvalue weighted by atomic mass is 127. The molecule has 0 atom stereocenters. The summed E-state index contributed by atoms with van der Waals surface area (Å²) >= 11 is 1.52. The van der Waals surface area contributed by atoms with Crippen molar-refractivity contribution in [1.82, 2.24) is 5.32 Å². The Balaban J connectivity index is 3.53. The standard InChI is InChI=1S/C11H7F7INO4S/c12-7-2-1-5(19)3-6(7)8(21)20-9(10(13,14)15,11(16,17)18)4-25(22,23)24/h1-3H,4H2,(H,20,21)(H,22,23,24). The van der Waals surface area contributed by atoms with Gasteiger partial charge in [-0.15, -0.1) is 0 Å². The number of carbonyl (C=O) groups is 1. The van der Waals surface area contributed by atoms with Crippen molar-refractivity contribution >= 4 is 38.6 Å². The molecule has 14 heteroatoms. The molecule has 0 spiro atoms. The molecule has 0 saturated heterocycles. The van der Waals surface area contributed by atoms with E-state index in [2.05, 4.69) is 0 Å². The lowest BCUT2D eigenvalue weighted by Gasteiger charge is -2.36. The van der Waals surface area contributed by atoms with E-state index in [1.165, 1.54) is 22.6 Å². The fourth-order valence-electron chi connectivity index (χ4n) is 1.71. The average molecular weight is 509 g/mol. The molecule has 0 unspecified atom stereocenters. The Labute approximate surface area is 149 Å². The third-order valence-corrected chi connectivity index (χ3v) is 4.34. The van der Waals surface area contributed by atoms with Crippen LogP contribution in [0.25, 0.3) is 0 Å². The van der Waals surface area contributed by atoms with E-state index in [0.717, 1.165) is 6.07 Å². The van der Waals surface area contributed by atoms with Crippen molar-refractivity contribution < 1.29 is 48.5 Å². The Hall–Kier alpha value is -1.16. The van der Waals surface area contributed by atoms with Gasteiger partial charge in [-0.25, -0.2) is 4.39 Å².